The molecule has 0 saturated carbocycles. The standard InChI is InChI=1S/C15H27N3O4S/c1-15(2)11-22-7-6-18(15)5-4-16-14(19)17-9-12-3-8-23(20,21)13(12)10-17/h12-13H,3-11H2,1-2H3,(H,16,19)/t12-,13+/m0/s1. The fourth-order valence-electron chi connectivity index (χ4n) is 3.87. The van der Waals surface area contributed by atoms with E-state index in [0.29, 0.717) is 32.7 Å². The van der Waals surface area contributed by atoms with Crippen LogP contribution < -0.4 is 5.32 Å². The third-order valence-electron chi connectivity index (χ3n) is 5.38. The highest BCUT2D eigenvalue weighted by Gasteiger charge is 2.47. The van der Waals surface area contributed by atoms with Crippen molar-refractivity contribution in [3.8, 4) is 0 Å². The van der Waals surface area contributed by atoms with Gasteiger partial charge >= 0.3 is 6.03 Å². The summed E-state index contributed by atoms with van der Waals surface area (Å²) in [6.45, 7) is 8.84. The van der Waals surface area contributed by atoms with E-state index >= 15 is 0 Å². The zero-order valence-corrected chi connectivity index (χ0v) is 14.8. The van der Waals surface area contributed by atoms with E-state index in [4.69, 9.17) is 4.74 Å². The van der Waals surface area contributed by atoms with Gasteiger partial charge in [-0.25, -0.2) is 13.2 Å². The first-order chi connectivity index (χ1) is 10.8. The van der Waals surface area contributed by atoms with Gasteiger partial charge in [0.1, 0.15) is 0 Å². The van der Waals surface area contributed by atoms with Crippen molar-refractivity contribution in [2.45, 2.75) is 31.1 Å². The summed E-state index contributed by atoms with van der Waals surface area (Å²) >= 11 is 0. The number of rotatable bonds is 3. The van der Waals surface area contributed by atoms with Crippen LogP contribution in [-0.4, -0.2) is 86.7 Å². The van der Waals surface area contributed by atoms with Crippen molar-refractivity contribution in [2.24, 2.45) is 5.92 Å². The third kappa shape index (κ3) is 3.49. The maximum Gasteiger partial charge on any atom is 0.317 e. The summed E-state index contributed by atoms with van der Waals surface area (Å²) in [6.07, 6.45) is 0.693. The van der Waals surface area contributed by atoms with Gasteiger partial charge in [-0.2, -0.15) is 0 Å². The minimum atomic E-state index is -2.99. The predicted octanol–water partition coefficient (Wildman–Crippen LogP) is -0.0743. The lowest BCUT2D eigenvalue weighted by molar-refractivity contribution is -0.0498. The predicted molar refractivity (Wildman–Crippen MR) is 87.1 cm³/mol. The van der Waals surface area contributed by atoms with Crippen LogP contribution in [0.5, 0.6) is 0 Å². The molecule has 2 atom stereocenters. The molecule has 0 spiro atoms. The van der Waals surface area contributed by atoms with E-state index < -0.39 is 9.84 Å². The van der Waals surface area contributed by atoms with Crippen LogP contribution in [0.15, 0.2) is 0 Å². The number of morpholine rings is 1. The van der Waals surface area contributed by atoms with Gasteiger partial charge in [0.15, 0.2) is 9.84 Å². The van der Waals surface area contributed by atoms with Crippen LogP contribution in [0.1, 0.15) is 20.3 Å². The van der Waals surface area contributed by atoms with E-state index in [-0.39, 0.29) is 28.5 Å². The molecule has 0 aromatic rings. The van der Waals surface area contributed by atoms with Gasteiger partial charge in [0.05, 0.1) is 24.2 Å². The topological polar surface area (TPSA) is 79.0 Å². The van der Waals surface area contributed by atoms with E-state index in [1.165, 1.54) is 0 Å². The summed E-state index contributed by atoms with van der Waals surface area (Å²) < 4.78 is 29.3. The maximum atomic E-state index is 12.3. The Labute approximate surface area is 138 Å². The second-order valence-corrected chi connectivity index (χ2v) is 9.78. The summed E-state index contributed by atoms with van der Waals surface area (Å²) in [5.74, 6) is 0.410. The van der Waals surface area contributed by atoms with Gasteiger partial charge in [0.2, 0.25) is 0 Å². The number of carbonyl (C=O) groups excluding carboxylic acids is 1. The largest absolute Gasteiger partial charge is 0.378 e. The number of urea groups is 1. The highest BCUT2D eigenvalue weighted by Crippen LogP contribution is 2.33. The number of ether oxygens (including phenoxy) is 1. The third-order valence-corrected chi connectivity index (χ3v) is 7.64. The van der Waals surface area contributed by atoms with Crippen LogP contribution in [0.4, 0.5) is 4.79 Å². The monoisotopic (exact) mass is 345 g/mol. The Balaban J connectivity index is 1.46. The molecule has 3 fully saturated rings. The van der Waals surface area contributed by atoms with Crippen molar-refractivity contribution >= 4 is 15.9 Å². The molecule has 3 rings (SSSR count). The quantitative estimate of drug-likeness (QED) is 0.774. The SMILES string of the molecule is CC1(C)COCCN1CCNC(=O)N1C[C@@H]2CCS(=O)(=O)[C@@H]2C1. The van der Waals surface area contributed by atoms with Gasteiger partial charge < -0.3 is 15.0 Å². The minimum Gasteiger partial charge on any atom is -0.378 e. The molecule has 23 heavy (non-hydrogen) atoms. The number of carbonyl (C=O) groups is 1. The minimum absolute atomic E-state index is 0.0122. The number of fused-ring (bicyclic) bond motifs is 1. The second-order valence-electron chi connectivity index (χ2n) is 7.44. The molecule has 132 valence electrons. The zero-order valence-electron chi connectivity index (χ0n) is 14.0. The summed E-state index contributed by atoms with van der Waals surface area (Å²) in [6, 6.07) is -0.138. The number of likely N-dealkylation sites (tertiary alicyclic amines) is 1. The molecule has 3 saturated heterocycles. The van der Waals surface area contributed by atoms with Crippen molar-refractivity contribution in [3.05, 3.63) is 0 Å². The molecule has 0 aromatic carbocycles. The van der Waals surface area contributed by atoms with Crippen LogP contribution >= 0.6 is 0 Å². The number of hydrogen-bond donors (Lipinski definition) is 1. The van der Waals surface area contributed by atoms with E-state index in [1.54, 1.807) is 4.90 Å². The van der Waals surface area contributed by atoms with Crippen molar-refractivity contribution in [1.82, 2.24) is 15.1 Å². The van der Waals surface area contributed by atoms with Crippen LogP contribution in [0.2, 0.25) is 0 Å². The van der Waals surface area contributed by atoms with Gasteiger partial charge in [-0.3, -0.25) is 4.90 Å². The average Bonchev–Trinajstić information content (AvgIpc) is 3.02. The van der Waals surface area contributed by atoms with Crippen LogP contribution in [0.3, 0.4) is 0 Å². The molecule has 3 heterocycles. The van der Waals surface area contributed by atoms with Gasteiger partial charge in [-0.15, -0.1) is 0 Å². The lowest BCUT2D eigenvalue weighted by atomic mass is 10.0. The van der Waals surface area contributed by atoms with Crippen molar-refractivity contribution in [2.75, 3.05) is 51.7 Å². The van der Waals surface area contributed by atoms with E-state index in [9.17, 15) is 13.2 Å². The first-order valence-corrected chi connectivity index (χ1v) is 10.1. The fourth-order valence-corrected chi connectivity index (χ4v) is 6.02. The lowest BCUT2D eigenvalue weighted by Gasteiger charge is -2.42. The molecule has 0 aliphatic carbocycles. The molecule has 8 heteroatoms. The number of hydrogen-bond acceptors (Lipinski definition) is 5. The van der Waals surface area contributed by atoms with Gasteiger partial charge in [-0.1, -0.05) is 0 Å². The lowest BCUT2D eigenvalue weighted by Crippen LogP contribution is -2.55. The molecule has 7 nitrogen and oxygen atoms in total. The molecule has 3 aliphatic rings. The Kier molecular flexibility index (Phi) is 4.59. The first-order valence-electron chi connectivity index (χ1n) is 8.37. The van der Waals surface area contributed by atoms with E-state index in [0.717, 1.165) is 19.7 Å². The smallest absolute Gasteiger partial charge is 0.317 e. The molecule has 0 radical (unpaired) electrons. The van der Waals surface area contributed by atoms with Crippen LogP contribution in [0.25, 0.3) is 0 Å². The van der Waals surface area contributed by atoms with Crippen LogP contribution in [-0.2, 0) is 14.6 Å². The Morgan fingerprint density at radius 2 is 2.13 bits per heavy atom. The molecule has 1 N–H and O–H groups in total. The van der Waals surface area contributed by atoms with Gasteiger partial charge in [-0.05, 0) is 26.2 Å². The molecule has 2 amide bonds. The Morgan fingerprint density at radius 1 is 1.35 bits per heavy atom. The zero-order chi connectivity index (χ0) is 16.7. The van der Waals surface area contributed by atoms with Crippen molar-refractivity contribution in [1.29, 1.82) is 0 Å². The van der Waals surface area contributed by atoms with Crippen molar-refractivity contribution < 1.29 is 17.9 Å². The molecular weight excluding hydrogens is 318 g/mol. The summed E-state index contributed by atoms with van der Waals surface area (Å²) in [4.78, 5) is 16.2. The van der Waals surface area contributed by atoms with E-state index in [2.05, 4.69) is 24.1 Å². The Hall–Kier alpha value is -0.860. The highest BCUT2D eigenvalue weighted by molar-refractivity contribution is 7.92. The number of sulfone groups is 1. The Morgan fingerprint density at radius 3 is 2.83 bits per heavy atom. The average molecular weight is 345 g/mol. The normalized spacial score (nSPS) is 32.7. The highest BCUT2D eigenvalue weighted by atomic mass is 32.2. The summed E-state index contributed by atoms with van der Waals surface area (Å²) in [7, 11) is -2.99. The van der Waals surface area contributed by atoms with Gasteiger partial charge in [0, 0.05) is 38.3 Å². The summed E-state index contributed by atoms with van der Waals surface area (Å²) in [5.41, 5.74) is -0.0122. The molecule has 0 aromatic heterocycles. The molecular formula is C15H27N3O4S. The fraction of sp³-hybridized carbons (Fsp3) is 0.933. The van der Waals surface area contributed by atoms with Gasteiger partial charge in [0.25, 0.3) is 0 Å². The maximum absolute atomic E-state index is 12.3. The van der Waals surface area contributed by atoms with Crippen LogP contribution in [0, 0.1) is 5.92 Å². The Bertz CT molecular complexity index is 563. The second kappa shape index (κ2) is 6.22. The van der Waals surface area contributed by atoms with Crippen molar-refractivity contribution in [3.63, 3.8) is 0 Å². The van der Waals surface area contributed by atoms with E-state index in [1.807, 2.05) is 0 Å². The molecule has 3 aliphatic heterocycles. The number of nitrogens with zero attached hydrogens (tertiary/aromatic N) is 2. The molecule has 0 bridgehead atoms. The number of amides is 2. The first kappa shape index (κ1) is 17.0. The summed E-state index contributed by atoms with van der Waals surface area (Å²) in [5, 5.41) is 2.59. The molecule has 0 unspecified atom stereocenters. The number of nitrogens with one attached hydrogen (secondary N) is 1.